The molecule has 0 radical (unpaired) electrons. The number of rotatable bonds is 15. The average molecular weight is 634 g/mol. The molecule has 2 aromatic rings. The van der Waals surface area contributed by atoms with E-state index in [1.807, 2.05) is 52.0 Å². The molecule has 0 unspecified atom stereocenters. The number of aryl methyl sites for hydroxylation is 1. The Bertz CT molecular complexity index is 1260. The quantitative estimate of drug-likeness (QED) is 0.183. The number of hydrogen-bond donors (Lipinski definition) is 5. The van der Waals surface area contributed by atoms with Crippen molar-refractivity contribution in [2.45, 2.75) is 65.3 Å². The maximum Gasteiger partial charge on any atom is 0.404 e. The van der Waals surface area contributed by atoms with Crippen molar-refractivity contribution in [1.82, 2.24) is 25.8 Å². The highest BCUT2D eigenvalue weighted by atomic mass is 32.1. The first-order chi connectivity index (χ1) is 20.9. The predicted molar refractivity (Wildman–Crippen MR) is 164 cm³/mol. The first-order valence-corrected chi connectivity index (χ1v) is 15.4. The lowest BCUT2D eigenvalue weighted by Gasteiger charge is -2.35. The Morgan fingerprint density at radius 2 is 1.75 bits per heavy atom. The zero-order valence-corrected chi connectivity index (χ0v) is 26.4. The summed E-state index contributed by atoms with van der Waals surface area (Å²) in [6.07, 6.45) is -1.87. The van der Waals surface area contributed by atoms with E-state index in [1.165, 1.54) is 4.90 Å². The van der Waals surface area contributed by atoms with Crippen LogP contribution >= 0.6 is 11.3 Å². The fraction of sp³-hybridized carbons (Fsp3) is 0.567. The van der Waals surface area contributed by atoms with Gasteiger partial charge in [-0.25, -0.2) is 9.78 Å². The Labute approximate surface area is 261 Å². The molecule has 3 rings (SSSR count). The number of amides is 4. The highest BCUT2D eigenvalue weighted by Gasteiger charge is 2.44. The zero-order valence-electron chi connectivity index (χ0n) is 25.6. The zero-order chi connectivity index (χ0) is 32.3. The third-order valence-electron chi connectivity index (χ3n) is 7.08. The van der Waals surface area contributed by atoms with Gasteiger partial charge in [0.05, 0.1) is 48.6 Å². The van der Waals surface area contributed by atoms with Gasteiger partial charge in [0.25, 0.3) is 0 Å². The fourth-order valence-electron chi connectivity index (χ4n) is 4.73. The van der Waals surface area contributed by atoms with Crippen molar-refractivity contribution < 1.29 is 38.9 Å². The van der Waals surface area contributed by atoms with Crippen LogP contribution in [-0.2, 0) is 30.4 Å². The van der Waals surface area contributed by atoms with Gasteiger partial charge in [-0.1, -0.05) is 45.0 Å². The van der Waals surface area contributed by atoms with Crippen LogP contribution < -0.4 is 16.0 Å². The van der Waals surface area contributed by atoms with Gasteiger partial charge in [-0.15, -0.1) is 11.3 Å². The van der Waals surface area contributed by atoms with Gasteiger partial charge in [-0.2, -0.15) is 0 Å². The molecule has 0 spiro atoms. The topological polar surface area (TPSA) is 179 Å². The molecule has 242 valence electrons. The number of nitrogens with zero attached hydrogens (tertiary/aromatic N) is 2. The fourth-order valence-corrected chi connectivity index (χ4v) is 5.54. The molecule has 0 aliphatic carbocycles. The summed E-state index contributed by atoms with van der Waals surface area (Å²) in [6, 6.07) is 6.03. The summed E-state index contributed by atoms with van der Waals surface area (Å²) in [5, 5.41) is 26.8. The Morgan fingerprint density at radius 3 is 2.36 bits per heavy atom. The van der Waals surface area contributed by atoms with Crippen LogP contribution in [0.4, 0.5) is 4.79 Å². The first-order valence-electron chi connectivity index (χ1n) is 14.5. The molecular weight excluding hydrogens is 590 g/mol. The maximum absolute atomic E-state index is 13.7. The van der Waals surface area contributed by atoms with Crippen molar-refractivity contribution in [2.75, 3.05) is 39.5 Å². The summed E-state index contributed by atoms with van der Waals surface area (Å²) in [5.74, 6) is -1.19. The number of carboxylic acid groups (broad SMARTS) is 1. The molecule has 2 heterocycles. The molecule has 44 heavy (non-hydrogen) atoms. The Balaban J connectivity index is 1.50. The van der Waals surface area contributed by atoms with E-state index in [4.69, 9.17) is 14.6 Å². The van der Waals surface area contributed by atoms with Crippen molar-refractivity contribution in [1.29, 1.82) is 0 Å². The van der Waals surface area contributed by atoms with E-state index < -0.39 is 35.6 Å². The third kappa shape index (κ3) is 10.5. The summed E-state index contributed by atoms with van der Waals surface area (Å²) in [5.41, 5.74) is 4.04. The van der Waals surface area contributed by atoms with Crippen molar-refractivity contribution >= 4 is 35.2 Å². The molecule has 1 fully saturated rings. The lowest BCUT2D eigenvalue weighted by molar-refractivity contribution is -0.144. The molecule has 0 saturated carbocycles. The van der Waals surface area contributed by atoms with E-state index >= 15 is 0 Å². The molecule has 1 aliphatic rings. The van der Waals surface area contributed by atoms with Gasteiger partial charge >= 0.3 is 6.09 Å². The van der Waals surface area contributed by atoms with E-state index in [1.54, 1.807) is 16.8 Å². The molecule has 1 saturated heterocycles. The largest absolute Gasteiger partial charge is 0.465 e. The number of hydrogen-bond acceptors (Lipinski definition) is 9. The number of thiazole rings is 1. The van der Waals surface area contributed by atoms with Gasteiger partial charge < -0.3 is 40.5 Å². The monoisotopic (exact) mass is 633 g/mol. The second kappa shape index (κ2) is 16.5. The summed E-state index contributed by atoms with van der Waals surface area (Å²) in [4.78, 5) is 56.8. The molecule has 4 amide bonds. The van der Waals surface area contributed by atoms with Gasteiger partial charge in [0, 0.05) is 32.5 Å². The maximum atomic E-state index is 13.7. The van der Waals surface area contributed by atoms with Crippen LogP contribution in [0.1, 0.15) is 44.9 Å². The number of carbonyl (C=O) groups is 4. The second-order valence-electron chi connectivity index (χ2n) is 11.7. The van der Waals surface area contributed by atoms with Crippen LogP contribution in [-0.4, -0.2) is 102 Å². The van der Waals surface area contributed by atoms with Crippen molar-refractivity contribution in [3.63, 3.8) is 0 Å². The van der Waals surface area contributed by atoms with Gasteiger partial charge in [0.2, 0.25) is 17.7 Å². The molecule has 5 N–H and O–H groups in total. The number of aromatic nitrogens is 1. The number of β-amino-alcohol motifs (C(OH)–C–C–N with tert-alkyl or cyclic N) is 1. The molecule has 0 bridgehead atoms. The number of aliphatic hydroxyl groups is 1. The van der Waals surface area contributed by atoms with Crippen molar-refractivity contribution in [2.24, 2.45) is 5.41 Å². The minimum atomic E-state index is -1.12. The van der Waals surface area contributed by atoms with Crippen LogP contribution in [0.25, 0.3) is 10.4 Å². The Kier molecular flexibility index (Phi) is 13.1. The summed E-state index contributed by atoms with van der Waals surface area (Å²) >= 11 is 1.57. The number of carbonyl (C=O) groups excluding carboxylic acids is 3. The van der Waals surface area contributed by atoms with Crippen molar-refractivity contribution in [3.8, 4) is 10.4 Å². The molecular formula is C30H43N5O8S. The highest BCUT2D eigenvalue weighted by molar-refractivity contribution is 7.13. The second-order valence-corrected chi connectivity index (χ2v) is 12.5. The van der Waals surface area contributed by atoms with Gasteiger partial charge in [0.15, 0.2) is 0 Å². The van der Waals surface area contributed by atoms with E-state index in [0.29, 0.717) is 0 Å². The summed E-state index contributed by atoms with van der Waals surface area (Å²) in [7, 11) is 0. The number of benzene rings is 1. The average Bonchev–Trinajstić information content (AvgIpc) is 3.58. The molecule has 14 heteroatoms. The Morgan fingerprint density at radius 1 is 1.07 bits per heavy atom. The molecule has 1 aromatic heterocycles. The van der Waals surface area contributed by atoms with Crippen LogP contribution in [0.15, 0.2) is 29.8 Å². The van der Waals surface area contributed by atoms with Gasteiger partial charge in [0.1, 0.15) is 12.1 Å². The number of aliphatic hydroxyl groups excluding tert-OH is 1. The predicted octanol–water partition coefficient (Wildman–Crippen LogP) is 1.92. The summed E-state index contributed by atoms with van der Waals surface area (Å²) in [6.45, 7) is 8.62. The lowest BCUT2D eigenvalue weighted by atomic mass is 9.85. The van der Waals surface area contributed by atoms with Crippen LogP contribution in [0.3, 0.4) is 0 Å². The standard InChI is InChI=1S/C30H43N5O8S/c1-19-25(44-18-33-19)21-7-5-20(6-8-21)16-32-27(38)23-15-22(36)17-35(23)28(39)26(30(2,3)4)34-24(37)9-11-42-13-14-43-12-10-31-29(40)41/h5-8,18,22-23,26,31,36H,9-17H2,1-4H3,(H,32,38)(H,34,37)(H,40,41)/t22-,23+,26-/m1/s1. The molecule has 3 atom stereocenters. The number of likely N-dealkylation sites (tertiary alicyclic amines) is 1. The highest BCUT2D eigenvalue weighted by Crippen LogP contribution is 2.28. The third-order valence-corrected chi connectivity index (χ3v) is 8.06. The SMILES string of the molecule is Cc1ncsc1-c1ccc(CNC(=O)[C@@H]2C[C@@H](O)CN2C(=O)[C@@H](NC(=O)CCOCCOCCNC(=O)O)C(C)(C)C)cc1. The number of ether oxygens (including phenoxy) is 2. The van der Waals surface area contributed by atoms with E-state index in [-0.39, 0.29) is 70.7 Å². The minimum Gasteiger partial charge on any atom is -0.465 e. The normalized spacial score (nSPS) is 17.2. The first kappa shape index (κ1) is 34.9. The Hall–Kier alpha value is -3.59. The van der Waals surface area contributed by atoms with Gasteiger partial charge in [-0.3, -0.25) is 14.4 Å². The van der Waals surface area contributed by atoms with E-state index in [2.05, 4.69) is 20.9 Å². The number of nitrogens with one attached hydrogen (secondary N) is 3. The van der Waals surface area contributed by atoms with Crippen LogP contribution in [0.2, 0.25) is 0 Å². The molecule has 1 aromatic carbocycles. The smallest absolute Gasteiger partial charge is 0.404 e. The van der Waals surface area contributed by atoms with Crippen molar-refractivity contribution in [3.05, 3.63) is 41.0 Å². The van der Waals surface area contributed by atoms with Gasteiger partial charge in [-0.05, 0) is 23.5 Å². The molecule has 1 aliphatic heterocycles. The lowest BCUT2D eigenvalue weighted by Crippen LogP contribution is -2.57. The van der Waals surface area contributed by atoms with E-state index in [0.717, 1.165) is 21.7 Å². The minimum absolute atomic E-state index is 0.00658. The van der Waals surface area contributed by atoms with Crippen LogP contribution in [0, 0.1) is 12.3 Å². The summed E-state index contributed by atoms with van der Waals surface area (Å²) < 4.78 is 10.6. The molecule has 13 nitrogen and oxygen atoms in total. The van der Waals surface area contributed by atoms with Crippen LogP contribution in [0.5, 0.6) is 0 Å². The van der Waals surface area contributed by atoms with E-state index in [9.17, 15) is 24.3 Å².